The van der Waals surface area contributed by atoms with E-state index in [1.54, 1.807) is 0 Å². The summed E-state index contributed by atoms with van der Waals surface area (Å²) < 4.78 is 28.6. The lowest BCUT2D eigenvalue weighted by molar-refractivity contribution is 0.130. The molecule has 0 saturated heterocycles. The van der Waals surface area contributed by atoms with E-state index in [1.807, 2.05) is 0 Å². The van der Waals surface area contributed by atoms with Crippen LogP contribution in [0.25, 0.3) is 0 Å². The van der Waals surface area contributed by atoms with Crippen LogP contribution in [0.2, 0.25) is 0 Å². The first-order valence-corrected chi connectivity index (χ1v) is 7.87. The molecule has 1 aromatic carbocycles. The third-order valence-corrected chi connectivity index (χ3v) is 5.26. The van der Waals surface area contributed by atoms with Crippen LogP contribution in [0.4, 0.5) is 8.78 Å². The molecule has 1 aliphatic rings. The van der Waals surface area contributed by atoms with Crippen LogP contribution >= 0.6 is 15.9 Å². The molecule has 20 heavy (non-hydrogen) atoms. The van der Waals surface area contributed by atoms with Crippen LogP contribution in [-0.4, -0.2) is 0 Å². The maximum Gasteiger partial charge on any atom is 0.145 e. The summed E-state index contributed by atoms with van der Waals surface area (Å²) in [6.45, 7) is 6.63. The van der Waals surface area contributed by atoms with Gasteiger partial charge in [0.05, 0.1) is 4.47 Å². The van der Waals surface area contributed by atoms with Gasteiger partial charge in [-0.15, -0.1) is 0 Å². The molecule has 112 valence electrons. The molecule has 0 spiro atoms. The highest BCUT2D eigenvalue weighted by atomic mass is 79.9. The van der Waals surface area contributed by atoms with Crippen LogP contribution in [-0.2, 0) is 5.54 Å². The average molecular weight is 346 g/mol. The molecule has 0 unspecified atom stereocenters. The topological polar surface area (TPSA) is 26.0 Å². The van der Waals surface area contributed by atoms with Crippen molar-refractivity contribution in [1.29, 1.82) is 0 Å². The molecule has 1 saturated carbocycles. The van der Waals surface area contributed by atoms with Crippen LogP contribution < -0.4 is 5.73 Å². The molecule has 0 amide bonds. The lowest BCUT2D eigenvalue weighted by atomic mass is 9.66. The molecular formula is C16H22BrF2N. The first-order chi connectivity index (χ1) is 9.15. The number of hydrogen-bond acceptors (Lipinski definition) is 1. The van der Waals surface area contributed by atoms with Gasteiger partial charge in [0.15, 0.2) is 0 Å². The number of nitrogens with two attached hydrogens (primary N) is 1. The summed E-state index contributed by atoms with van der Waals surface area (Å²) in [6.07, 6.45) is 3.06. The van der Waals surface area contributed by atoms with E-state index >= 15 is 0 Å². The second-order valence-corrected chi connectivity index (χ2v) is 7.87. The number of rotatable bonds is 1. The minimum absolute atomic E-state index is 0.0410. The molecule has 0 bridgehead atoms. The van der Waals surface area contributed by atoms with E-state index in [0.717, 1.165) is 12.8 Å². The van der Waals surface area contributed by atoms with Gasteiger partial charge in [-0.3, -0.25) is 0 Å². The fraction of sp³-hybridized carbons (Fsp3) is 0.625. The van der Waals surface area contributed by atoms with Crippen LogP contribution in [0.3, 0.4) is 0 Å². The normalized spacial score (nSPS) is 27.6. The first-order valence-electron chi connectivity index (χ1n) is 7.08. The Balaban J connectivity index is 2.29. The van der Waals surface area contributed by atoms with E-state index in [2.05, 4.69) is 36.7 Å². The largest absolute Gasteiger partial charge is 0.321 e. The third kappa shape index (κ3) is 2.91. The summed E-state index contributed by atoms with van der Waals surface area (Å²) >= 11 is 3.12. The standard InChI is InChI=1S/C16H22BrF2N/c1-15(2,3)10-6-8-16(20,9-7-10)13-12(18)5-4-11(17)14(13)19/h4-5,10H,6-9,20H2,1-3H3. The Morgan fingerprint density at radius 1 is 1.20 bits per heavy atom. The van der Waals surface area contributed by atoms with Gasteiger partial charge in [0, 0.05) is 11.1 Å². The lowest BCUT2D eigenvalue weighted by Crippen LogP contribution is -2.43. The summed E-state index contributed by atoms with van der Waals surface area (Å²) in [5.41, 5.74) is 5.73. The molecule has 1 fully saturated rings. The molecule has 4 heteroatoms. The highest BCUT2D eigenvalue weighted by molar-refractivity contribution is 9.10. The van der Waals surface area contributed by atoms with Crippen molar-refractivity contribution < 1.29 is 8.78 Å². The summed E-state index contributed by atoms with van der Waals surface area (Å²) in [5, 5.41) is 0. The Morgan fingerprint density at radius 2 is 1.75 bits per heavy atom. The van der Waals surface area contributed by atoms with E-state index < -0.39 is 17.2 Å². The van der Waals surface area contributed by atoms with Gasteiger partial charge in [-0.05, 0) is 65.1 Å². The van der Waals surface area contributed by atoms with Crippen molar-refractivity contribution in [3.63, 3.8) is 0 Å². The molecule has 2 N–H and O–H groups in total. The molecular weight excluding hydrogens is 324 g/mol. The van der Waals surface area contributed by atoms with Crippen molar-refractivity contribution in [2.75, 3.05) is 0 Å². The van der Waals surface area contributed by atoms with Gasteiger partial charge in [-0.25, -0.2) is 8.78 Å². The van der Waals surface area contributed by atoms with Crippen molar-refractivity contribution in [3.8, 4) is 0 Å². The second kappa shape index (κ2) is 5.38. The van der Waals surface area contributed by atoms with E-state index in [-0.39, 0.29) is 15.5 Å². The summed E-state index contributed by atoms with van der Waals surface area (Å²) in [6, 6.07) is 2.67. The maximum atomic E-state index is 14.3. The maximum absolute atomic E-state index is 14.3. The average Bonchev–Trinajstić information content (AvgIpc) is 2.33. The van der Waals surface area contributed by atoms with Gasteiger partial charge >= 0.3 is 0 Å². The van der Waals surface area contributed by atoms with Gasteiger partial charge in [0.25, 0.3) is 0 Å². The second-order valence-electron chi connectivity index (χ2n) is 7.01. The van der Waals surface area contributed by atoms with Gasteiger partial charge in [0.2, 0.25) is 0 Å². The predicted octanol–water partition coefficient (Wildman–Crippen LogP) is 5.12. The molecule has 0 radical (unpaired) electrons. The molecule has 1 aliphatic carbocycles. The monoisotopic (exact) mass is 345 g/mol. The smallest absolute Gasteiger partial charge is 0.145 e. The van der Waals surface area contributed by atoms with Gasteiger partial charge in [0.1, 0.15) is 11.6 Å². The Hall–Kier alpha value is -0.480. The Bertz CT molecular complexity index is 500. The fourth-order valence-corrected chi connectivity index (χ4v) is 3.56. The van der Waals surface area contributed by atoms with Crippen LogP contribution in [0.1, 0.15) is 52.0 Å². The predicted molar refractivity (Wildman–Crippen MR) is 81.3 cm³/mol. The number of benzene rings is 1. The van der Waals surface area contributed by atoms with Crippen LogP contribution in [0.5, 0.6) is 0 Å². The SMILES string of the molecule is CC(C)(C)C1CCC(N)(c2c(F)ccc(Br)c2F)CC1. The molecule has 0 atom stereocenters. The van der Waals surface area contributed by atoms with Crippen molar-refractivity contribution in [1.82, 2.24) is 0 Å². The van der Waals surface area contributed by atoms with Crippen molar-refractivity contribution in [2.45, 2.75) is 52.0 Å². The molecule has 0 aliphatic heterocycles. The zero-order chi connectivity index (χ0) is 15.1. The molecule has 0 aromatic heterocycles. The highest BCUT2D eigenvalue weighted by Gasteiger charge is 2.40. The summed E-state index contributed by atoms with van der Waals surface area (Å²) in [7, 11) is 0. The summed E-state index contributed by atoms with van der Waals surface area (Å²) in [5.74, 6) is -0.540. The Morgan fingerprint density at radius 3 is 2.25 bits per heavy atom. The Labute approximate surface area is 128 Å². The third-order valence-electron chi connectivity index (χ3n) is 4.64. The minimum atomic E-state index is -0.889. The Kier molecular flexibility index (Phi) is 4.27. The van der Waals surface area contributed by atoms with E-state index in [1.165, 1.54) is 12.1 Å². The van der Waals surface area contributed by atoms with Gasteiger partial charge in [-0.1, -0.05) is 20.8 Å². The van der Waals surface area contributed by atoms with Crippen molar-refractivity contribution in [3.05, 3.63) is 33.8 Å². The quantitative estimate of drug-likeness (QED) is 0.702. The fourth-order valence-electron chi connectivity index (χ4n) is 3.23. The first kappa shape index (κ1) is 15.9. The molecule has 0 heterocycles. The van der Waals surface area contributed by atoms with Crippen LogP contribution in [0, 0.1) is 23.0 Å². The van der Waals surface area contributed by atoms with E-state index in [9.17, 15) is 8.78 Å². The van der Waals surface area contributed by atoms with E-state index in [0.29, 0.717) is 18.8 Å². The highest BCUT2D eigenvalue weighted by Crippen LogP contribution is 2.45. The number of hydrogen-bond donors (Lipinski definition) is 1. The van der Waals surface area contributed by atoms with E-state index in [4.69, 9.17) is 5.73 Å². The molecule has 2 rings (SSSR count). The lowest BCUT2D eigenvalue weighted by Gasteiger charge is -2.42. The van der Waals surface area contributed by atoms with Crippen molar-refractivity contribution in [2.24, 2.45) is 17.1 Å². The minimum Gasteiger partial charge on any atom is -0.321 e. The molecule has 1 aromatic rings. The number of halogens is 3. The molecule has 1 nitrogen and oxygen atoms in total. The summed E-state index contributed by atoms with van der Waals surface area (Å²) in [4.78, 5) is 0. The van der Waals surface area contributed by atoms with Crippen molar-refractivity contribution >= 4 is 15.9 Å². The van der Waals surface area contributed by atoms with Gasteiger partial charge < -0.3 is 5.73 Å². The zero-order valence-electron chi connectivity index (χ0n) is 12.3. The zero-order valence-corrected chi connectivity index (χ0v) is 13.9. The van der Waals surface area contributed by atoms with Crippen LogP contribution in [0.15, 0.2) is 16.6 Å². The van der Waals surface area contributed by atoms with Gasteiger partial charge in [-0.2, -0.15) is 0 Å².